The highest BCUT2D eigenvalue weighted by Gasteiger charge is 2.61. The molecule has 0 bridgehead atoms. The SMILES string of the molecule is CC(C)CCC[C@@H](C)[C@H]1CC[C@H]2[C@@H]3CC[C@H]4C[C@@H](O[C@@H]5O[C@H](COCc6ccccc6)[C@@H](OCc6ccccc6)[C@H](OCc6ccccc6)[C@H]5OCc5ccccc5)CC[C@]4(C)[C@H]3CC[C@]12C. The van der Waals surface area contributed by atoms with E-state index in [1.54, 1.807) is 0 Å². The van der Waals surface area contributed by atoms with Crippen molar-refractivity contribution in [3.63, 3.8) is 0 Å². The maximum absolute atomic E-state index is 7.39. The Labute approximate surface area is 404 Å². The Hall–Kier alpha value is -3.36. The number of hydrogen-bond donors (Lipinski definition) is 0. The van der Waals surface area contributed by atoms with E-state index in [1.165, 1.54) is 64.2 Å². The molecule has 14 atom stereocenters. The third-order valence-electron chi connectivity index (χ3n) is 18.0. The van der Waals surface area contributed by atoms with Crippen molar-refractivity contribution in [2.24, 2.45) is 52.3 Å². The zero-order chi connectivity index (χ0) is 46.2. The van der Waals surface area contributed by atoms with Gasteiger partial charge in [0.2, 0.25) is 0 Å². The maximum Gasteiger partial charge on any atom is 0.187 e. The van der Waals surface area contributed by atoms with Crippen molar-refractivity contribution in [2.75, 3.05) is 6.61 Å². The Bertz CT molecular complexity index is 2060. The Morgan fingerprint density at radius 3 is 1.69 bits per heavy atom. The number of ether oxygens (including phenoxy) is 6. The lowest BCUT2D eigenvalue weighted by Gasteiger charge is -2.61. The lowest BCUT2D eigenvalue weighted by molar-refractivity contribution is -0.340. The van der Waals surface area contributed by atoms with Gasteiger partial charge in [0.05, 0.1) is 39.1 Å². The van der Waals surface area contributed by atoms with Crippen molar-refractivity contribution in [3.8, 4) is 0 Å². The fourth-order valence-electron chi connectivity index (χ4n) is 14.4. The van der Waals surface area contributed by atoms with E-state index in [4.69, 9.17) is 28.4 Å². The number of rotatable bonds is 20. The first-order valence-corrected chi connectivity index (χ1v) is 26.6. The zero-order valence-electron chi connectivity index (χ0n) is 41.5. The van der Waals surface area contributed by atoms with Gasteiger partial charge < -0.3 is 28.4 Å². The molecule has 1 saturated heterocycles. The molecule has 0 amide bonds. The minimum Gasteiger partial charge on any atom is -0.374 e. The summed E-state index contributed by atoms with van der Waals surface area (Å²) in [4.78, 5) is 0. The van der Waals surface area contributed by atoms with Crippen molar-refractivity contribution < 1.29 is 28.4 Å². The van der Waals surface area contributed by atoms with Gasteiger partial charge in [-0.1, -0.05) is 175 Å². The molecule has 0 aromatic heterocycles. The van der Waals surface area contributed by atoms with Gasteiger partial charge in [-0.25, -0.2) is 0 Å². The Morgan fingerprint density at radius 1 is 0.552 bits per heavy atom. The Morgan fingerprint density at radius 2 is 1.09 bits per heavy atom. The summed E-state index contributed by atoms with van der Waals surface area (Å²) < 4.78 is 42.2. The van der Waals surface area contributed by atoms with E-state index in [2.05, 4.69) is 138 Å². The molecule has 0 radical (unpaired) electrons. The quantitative estimate of drug-likeness (QED) is 0.0824. The summed E-state index contributed by atoms with van der Waals surface area (Å²) in [7, 11) is 0. The fourth-order valence-corrected chi connectivity index (χ4v) is 14.4. The highest BCUT2D eigenvalue weighted by molar-refractivity contribution is 5.17. The van der Waals surface area contributed by atoms with Crippen LogP contribution in [0.3, 0.4) is 0 Å². The molecule has 1 aliphatic heterocycles. The third kappa shape index (κ3) is 11.5. The van der Waals surface area contributed by atoms with Crippen LogP contribution in [-0.4, -0.2) is 43.4 Å². The van der Waals surface area contributed by atoms with Gasteiger partial charge >= 0.3 is 0 Å². The molecule has 0 unspecified atom stereocenters. The molecule has 0 N–H and O–H groups in total. The number of fused-ring (bicyclic) bond motifs is 5. The molecule has 6 nitrogen and oxygen atoms in total. The van der Waals surface area contributed by atoms with E-state index in [-0.39, 0.29) is 6.10 Å². The lowest BCUT2D eigenvalue weighted by Crippen LogP contribution is -2.62. The van der Waals surface area contributed by atoms with Crippen LogP contribution < -0.4 is 0 Å². The smallest absolute Gasteiger partial charge is 0.187 e. The second-order valence-electron chi connectivity index (χ2n) is 22.5. The highest BCUT2D eigenvalue weighted by Crippen LogP contribution is 2.68. The molecule has 4 aromatic rings. The molecule has 4 aliphatic carbocycles. The zero-order valence-corrected chi connectivity index (χ0v) is 41.5. The van der Waals surface area contributed by atoms with Gasteiger partial charge in [0.25, 0.3) is 0 Å². The van der Waals surface area contributed by atoms with E-state index in [0.717, 1.165) is 70.6 Å². The van der Waals surface area contributed by atoms with E-state index >= 15 is 0 Å². The Kier molecular flexibility index (Phi) is 16.4. The topological polar surface area (TPSA) is 55.4 Å². The average Bonchev–Trinajstić information content (AvgIpc) is 3.71. The van der Waals surface area contributed by atoms with Crippen molar-refractivity contribution >= 4 is 0 Å². The maximum atomic E-state index is 7.39. The third-order valence-corrected chi connectivity index (χ3v) is 18.0. The molecule has 67 heavy (non-hydrogen) atoms. The minimum absolute atomic E-state index is 0.0707. The van der Waals surface area contributed by atoms with Gasteiger partial charge in [-0.15, -0.1) is 0 Å². The van der Waals surface area contributed by atoms with Gasteiger partial charge in [-0.2, -0.15) is 0 Å². The summed E-state index contributed by atoms with van der Waals surface area (Å²) in [6.45, 7) is 14.8. The minimum atomic E-state index is -0.662. The largest absolute Gasteiger partial charge is 0.374 e. The molecule has 0 spiro atoms. The monoisotopic (exact) mass is 911 g/mol. The van der Waals surface area contributed by atoms with E-state index in [0.29, 0.717) is 49.8 Å². The van der Waals surface area contributed by atoms with E-state index in [1.807, 2.05) is 18.2 Å². The van der Waals surface area contributed by atoms with Crippen LogP contribution in [0.1, 0.15) is 134 Å². The molecule has 6 heteroatoms. The fraction of sp³-hybridized carbons (Fsp3) is 0.607. The first-order valence-electron chi connectivity index (χ1n) is 26.6. The van der Waals surface area contributed by atoms with Crippen LogP contribution in [0.15, 0.2) is 121 Å². The summed E-state index contributed by atoms with van der Waals surface area (Å²) in [6.07, 6.45) is 13.3. The normalized spacial score (nSPS) is 34.3. The second kappa shape index (κ2) is 22.6. The number of hydrogen-bond acceptors (Lipinski definition) is 6. The first-order chi connectivity index (χ1) is 32.7. The van der Waals surface area contributed by atoms with Gasteiger partial charge in [-0.3, -0.25) is 0 Å². The van der Waals surface area contributed by atoms with Crippen molar-refractivity contribution in [1.82, 2.24) is 0 Å². The second-order valence-corrected chi connectivity index (χ2v) is 22.5. The van der Waals surface area contributed by atoms with Crippen LogP contribution in [0.25, 0.3) is 0 Å². The summed E-state index contributed by atoms with van der Waals surface area (Å²) in [5.41, 5.74) is 5.28. The summed E-state index contributed by atoms with van der Waals surface area (Å²) in [5.74, 6) is 5.77. The van der Waals surface area contributed by atoms with Crippen LogP contribution in [0.4, 0.5) is 0 Å². The van der Waals surface area contributed by atoms with Crippen LogP contribution in [-0.2, 0) is 54.8 Å². The van der Waals surface area contributed by atoms with Crippen molar-refractivity contribution in [3.05, 3.63) is 144 Å². The summed E-state index contributed by atoms with van der Waals surface area (Å²) in [6, 6.07) is 41.6. The molecular formula is C61H82O6. The average molecular weight is 911 g/mol. The summed E-state index contributed by atoms with van der Waals surface area (Å²) >= 11 is 0. The highest BCUT2D eigenvalue weighted by atomic mass is 16.7. The van der Waals surface area contributed by atoms with Crippen molar-refractivity contribution in [1.29, 1.82) is 0 Å². The van der Waals surface area contributed by atoms with Crippen LogP contribution in [0.5, 0.6) is 0 Å². The van der Waals surface area contributed by atoms with Crippen LogP contribution in [0.2, 0.25) is 0 Å². The molecule has 4 aromatic carbocycles. The van der Waals surface area contributed by atoms with Gasteiger partial charge in [0.15, 0.2) is 6.29 Å². The van der Waals surface area contributed by atoms with Crippen molar-refractivity contribution in [2.45, 2.75) is 175 Å². The van der Waals surface area contributed by atoms with E-state index < -0.39 is 30.7 Å². The molecule has 362 valence electrons. The lowest BCUT2D eigenvalue weighted by atomic mass is 9.44. The predicted octanol–water partition coefficient (Wildman–Crippen LogP) is 14.2. The standard InChI is InChI=1S/C61H82O6/c1-43(2)19-18-20-44(3)52-31-32-53-51-30-29-49-37-50(33-35-60(49,4)54(51)34-36-61(52,53)5)66-59-58(65-41-48-27-16-9-17-28-48)57(64-40-47-25-14-8-15-26-47)56(63-39-46-23-12-7-13-24-46)55(67-59)42-62-38-45-21-10-6-11-22-45/h6-17,21-28,43-44,49-59H,18-20,29-42H2,1-5H3/t44-,49+,50+,51+,52-,53+,54+,55-,56-,57+,58-,59-,60+,61-/m1/s1. The Balaban J connectivity index is 0.946. The number of benzene rings is 4. The first kappa shape index (κ1) is 48.7. The molecular weight excluding hydrogens is 829 g/mol. The van der Waals surface area contributed by atoms with Gasteiger partial charge in [0, 0.05) is 0 Å². The molecule has 5 fully saturated rings. The van der Waals surface area contributed by atoms with Crippen LogP contribution >= 0.6 is 0 Å². The predicted molar refractivity (Wildman–Crippen MR) is 268 cm³/mol. The molecule has 1 heterocycles. The van der Waals surface area contributed by atoms with Gasteiger partial charge in [-0.05, 0) is 132 Å². The molecule has 5 aliphatic rings. The van der Waals surface area contributed by atoms with E-state index in [9.17, 15) is 0 Å². The molecule has 4 saturated carbocycles. The van der Waals surface area contributed by atoms with Crippen LogP contribution in [0, 0.1) is 52.3 Å². The van der Waals surface area contributed by atoms with Gasteiger partial charge in [0.1, 0.15) is 24.4 Å². The summed E-state index contributed by atoms with van der Waals surface area (Å²) in [5, 5.41) is 0. The molecule has 9 rings (SSSR count).